The van der Waals surface area contributed by atoms with Crippen LogP contribution in [0.25, 0.3) is 11.3 Å². The minimum Gasteiger partial charge on any atom is -0.493 e. The molecule has 4 rings (SSSR count). The summed E-state index contributed by atoms with van der Waals surface area (Å²) in [5.74, 6) is 0.524. The zero-order valence-corrected chi connectivity index (χ0v) is 18.2. The van der Waals surface area contributed by atoms with Crippen molar-refractivity contribution < 1.29 is 14.3 Å². The van der Waals surface area contributed by atoms with Crippen LogP contribution in [0, 0.1) is 0 Å². The standard InChI is InChI=1S/C24H25N3O3S/c1-2-30-20-13-7-6-12-18(20)19-16-31-24(25-19)26-23(29)22(17-10-4-3-5-11-17)27-15-9-8-14-21(27)28/h3-7,10-13,16,22H,2,8-9,14-15H2,1H3,(H,25,26,29). The molecule has 0 aliphatic carbocycles. The summed E-state index contributed by atoms with van der Waals surface area (Å²) in [4.78, 5) is 32.2. The van der Waals surface area contributed by atoms with Crippen LogP contribution in [0.1, 0.15) is 37.8 Å². The minimum atomic E-state index is -0.669. The van der Waals surface area contributed by atoms with Crippen LogP contribution in [0.3, 0.4) is 0 Å². The number of thiazole rings is 1. The number of anilines is 1. The number of carbonyl (C=O) groups is 2. The SMILES string of the molecule is CCOc1ccccc1-c1csc(NC(=O)C(c2ccccc2)N2CCCCC2=O)n1. The maximum atomic E-state index is 13.3. The van der Waals surface area contributed by atoms with Crippen molar-refractivity contribution in [3.8, 4) is 17.0 Å². The first kappa shape index (κ1) is 21.1. The molecular weight excluding hydrogens is 410 g/mol. The number of carbonyl (C=O) groups excluding carboxylic acids is 2. The van der Waals surface area contributed by atoms with Crippen molar-refractivity contribution in [3.05, 3.63) is 65.5 Å². The van der Waals surface area contributed by atoms with Gasteiger partial charge >= 0.3 is 0 Å². The fraction of sp³-hybridized carbons (Fsp3) is 0.292. The molecule has 1 aliphatic heterocycles. The van der Waals surface area contributed by atoms with Gasteiger partial charge in [-0.05, 0) is 37.5 Å². The smallest absolute Gasteiger partial charge is 0.253 e. The van der Waals surface area contributed by atoms with E-state index in [9.17, 15) is 9.59 Å². The minimum absolute atomic E-state index is 0.0146. The Bertz CT molecular complexity index is 1050. The number of hydrogen-bond donors (Lipinski definition) is 1. The van der Waals surface area contributed by atoms with Crippen LogP contribution in [0.2, 0.25) is 0 Å². The largest absolute Gasteiger partial charge is 0.493 e. The van der Waals surface area contributed by atoms with Crippen LogP contribution in [0.15, 0.2) is 60.0 Å². The van der Waals surface area contributed by atoms with Crippen LogP contribution in [0.5, 0.6) is 5.75 Å². The monoisotopic (exact) mass is 435 g/mol. The Labute approximate surface area is 185 Å². The number of nitrogens with zero attached hydrogens (tertiary/aromatic N) is 2. The van der Waals surface area contributed by atoms with Gasteiger partial charge in [-0.15, -0.1) is 11.3 Å². The van der Waals surface area contributed by atoms with Crippen LogP contribution in [-0.4, -0.2) is 34.8 Å². The highest BCUT2D eigenvalue weighted by atomic mass is 32.1. The maximum absolute atomic E-state index is 13.3. The molecule has 3 aromatic rings. The number of rotatable bonds is 7. The van der Waals surface area contributed by atoms with Gasteiger partial charge in [0.2, 0.25) is 5.91 Å². The lowest BCUT2D eigenvalue weighted by Crippen LogP contribution is -2.43. The number of ether oxygens (including phenoxy) is 1. The maximum Gasteiger partial charge on any atom is 0.253 e. The highest BCUT2D eigenvalue weighted by Gasteiger charge is 2.33. The summed E-state index contributed by atoms with van der Waals surface area (Å²) in [5.41, 5.74) is 2.43. The van der Waals surface area contributed by atoms with E-state index < -0.39 is 6.04 Å². The molecule has 1 aliphatic rings. The lowest BCUT2D eigenvalue weighted by Gasteiger charge is -2.33. The van der Waals surface area contributed by atoms with E-state index in [2.05, 4.69) is 10.3 Å². The van der Waals surface area contributed by atoms with Gasteiger partial charge in [0.15, 0.2) is 5.13 Å². The summed E-state index contributed by atoms with van der Waals surface area (Å²) in [7, 11) is 0. The Kier molecular flexibility index (Phi) is 6.62. The molecule has 7 heteroatoms. The summed E-state index contributed by atoms with van der Waals surface area (Å²) < 4.78 is 5.70. The van der Waals surface area contributed by atoms with Gasteiger partial charge in [-0.25, -0.2) is 4.98 Å². The molecule has 1 aromatic heterocycles. The second-order valence-electron chi connectivity index (χ2n) is 7.31. The molecule has 0 radical (unpaired) electrons. The zero-order valence-electron chi connectivity index (χ0n) is 17.4. The van der Waals surface area contributed by atoms with E-state index in [4.69, 9.17) is 4.74 Å². The number of aromatic nitrogens is 1. The summed E-state index contributed by atoms with van der Waals surface area (Å²) in [6, 6.07) is 16.5. The van der Waals surface area contributed by atoms with Crippen LogP contribution < -0.4 is 10.1 Å². The Hall–Kier alpha value is -3.19. The highest BCUT2D eigenvalue weighted by Crippen LogP contribution is 2.33. The molecule has 1 unspecified atom stereocenters. The topological polar surface area (TPSA) is 71.5 Å². The van der Waals surface area contributed by atoms with Crippen molar-refractivity contribution in [1.82, 2.24) is 9.88 Å². The zero-order chi connectivity index (χ0) is 21.6. The predicted octanol–water partition coefficient (Wildman–Crippen LogP) is 4.90. The van der Waals surface area contributed by atoms with Gasteiger partial charge in [-0.2, -0.15) is 0 Å². The molecule has 2 heterocycles. The predicted molar refractivity (Wildman–Crippen MR) is 122 cm³/mol. The first-order chi connectivity index (χ1) is 15.2. The Balaban J connectivity index is 1.58. The molecule has 1 saturated heterocycles. The van der Waals surface area contributed by atoms with Gasteiger partial charge in [0, 0.05) is 23.9 Å². The third kappa shape index (κ3) is 4.77. The van der Waals surface area contributed by atoms with Gasteiger partial charge in [-0.3, -0.25) is 14.9 Å². The first-order valence-electron chi connectivity index (χ1n) is 10.5. The van der Waals surface area contributed by atoms with Crippen molar-refractivity contribution in [1.29, 1.82) is 0 Å². The van der Waals surface area contributed by atoms with E-state index in [1.165, 1.54) is 11.3 Å². The van der Waals surface area contributed by atoms with Gasteiger partial charge in [0.1, 0.15) is 11.8 Å². The second-order valence-corrected chi connectivity index (χ2v) is 8.17. The third-order valence-corrected chi connectivity index (χ3v) is 5.99. The van der Waals surface area contributed by atoms with E-state index in [-0.39, 0.29) is 11.8 Å². The Morgan fingerprint density at radius 3 is 2.71 bits per heavy atom. The van der Waals surface area contributed by atoms with Crippen molar-refractivity contribution in [2.75, 3.05) is 18.5 Å². The Morgan fingerprint density at radius 2 is 1.94 bits per heavy atom. The molecule has 160 valence electrons. The number of likely N-dealkylation sites (tertiary alicyclic amines) is 1. The Morgan fingerprint density at radius 1 is 1.16 bits per heavy atom. The summed E-state index contributed by atoms with van der Waals surface area (Å²) in [6.45, 7) is 3.08. The quantitative estimate of drug-likeness (QED) is 0.573. The van der Waals surface area contributed by atoms with Crippen molar-refractivity contribution in [2.45, 2.75) is 32.2 Å². The summed E-state index contributed by atoms with van der Waals surface area (Å²) >= 11 is 1.36. The average molecular weight is 436 g/mol. The molecule has 0 saturated carbocycles. The number of nitrogens with one attached hydrogen (secondary N) is 1. The first-order valence-corrected chi connectivity index (χ1v) is 11.4. The fourth-order valence-electron chi connectivity index (χ4n) is 3.80. The molecule has 31 heavy (non-hydrogen) atoms. The molecular formula is C24H25N3O3S. The molecule has 0 spiro atoms. The summed E-state index contributed by atoms with van der Waals surface area (Å²) in [6.07, 6.45) is 2.25. The van der Waals surface area contributed by atoms with Gasteiger partial charge in [-0.1, -0.05) is 42.5 Å². The number of benzene rings is 2. The van der Waals surface area contributed by atoms with Gasteiger partial charge < -0.3 is 9.64 Å². The van der Waals surface area contributed by atoms with Gasteiger partial charge in [0.05, 0.1) is 12.3 Å². The molecule has 1 fully saturated rings. The molecule has 6 nitrogen and oxygen atoms in total. The van der Waals surface area contributed by atoms with Crippen LogP contribution in [0.4, 0.5) is 5.13 Å². The molecule has 1 N–H and O–H groups in total. The number of amides is 2. The van der Waals surface area contributed by atoms with E-state index in [0.717, 1.165) is 35.4 Å². The van der Waals surface area contributed by atoms with Crippen molar-refractivity contribution >= 4 is 28.3 Å². The third-order valence-electron chi connectivity index (χ3n) is 5.23. The molecule has 0 bridgehead atoms. The number of hydrogen-bond acceptors (Lipinski definition) is 5. The molecule has 1 atom stereocenters. The van der Waals surface area contributed by atoms with Gasteiger partial charge in [0.25, 0.3) is 5.91 Å². The van der Waals surface area contributed by atoms with E-state index in [1.807, 2.05) is 66.9 Å². The molecule has 2 amide bonds. The van der Waals surface area contributed by atoms with Crippen LogP contribution >= 0.6 is 11.3 Å². The van der Waals surface area contributed by atoms with E-state index >= 15 is 0 Å². The van der Waals surface area contributed by atoms with Crippen molar-refractivity contribution in [2.24, 2.45) is 0 Å². The highest BCUT2D eigenvalue weighted by molar-refractivity contribution is 7.14. The second kappa shape index (κ2) is 9.75. The molecule has 2 aromatic carbocycles. The normalized spacial score (nSPS) is 14.9. The lowest BCUT2D eigenvalue weighted by atomic mass is 10.0. The van der Waals surface area contributed by atoms with Crippen molar-refractivity contribution in [3.63, 3.8) is 0 Å². The summed E-state index contributed by atoms with van der Waals surface area (Å²) in [5, 5.41) is 5.33. The average Bonchev–Trinajstić information content (AvgIpc) is 3.25. The van der Waals surface area contributed by atoms with Crippen LogP contribution in [-0.2, 0) is 9.59 Å². The number of para-hydroxylation sites is 1. The van der Waals surface area contributed by atoms with E-state index in [0.29, 0.717) is 24.7 Å². The lowest BCUT2D eigenvalue weighted by molar-refractivity contribution is -0.141. The van der Waals surface area contributed by atoms with E-state index in [1.54, 1.807) is 4.90 Å². The number of piperidine rings is 1. The fourth-order valence-corrected chi connectivity index (χ4v) is 4.51.